The summed E-state index contributed by atoms with van der Waals surface area (Å²) in [6.07, 6.45) is 3.20. The quantitative estimate of drug-likeness (QED) is 0.314. The average molecular weight is 548 g/mol. The summed E-state index contributed by atoms with van der Waals surface area (Å²) in [7, 11) is 0. The van der Waals surface area contributed by atoms with Crippen molar-refractivity contribution in [3.63, 3.8) is 0 Å². The van der Waals surface area contributed by atoms with Crippen molar-refractivity contribution in [3.8, 4) is 22.9 Å². The highest BCUT2D eigenvalue weighted by atomic mass is 35.5. The van der Waals surface area contributed by atoms with Crippen LogP contribution in [-0.4, -0.2) is 59.4 Å². The number of rotatable bonds is 5. The van der Waals surface area contributed by atoms with E-state index in [2.05, 4.69) is 27.4 Å². The molecule has 1 aromatic heterocycles. The molecule has 7 rings (SSSR count). The van der Waals surface area contributed by atoms with Crippen LogP contribution in [0.15, 0.2) is 42.5 Å². The topological polar surface area (TPSA) is 82.5 Å². The number of fused-ring (bicyclic) bond motifs is 4. The number of aromatic nitrogens is 2. The van der Waals surface area contributed by atoms with Gasteiger partial charge in [-0.1, -0.05) is 35.9 Å². The first-order valence-corrected chi connectivity index (χ1v) is 14.0. The van der Waals surface area contributed by atoms with Crippen LogP contribution in [0.25, 0.3) is 32.8 Å². The third kappa shape index (κ3) is 4.44. The number of nitrogens with one attached hydrogen (secondary N) is 2. The fourth-order valence-corrected chi connectivity index (χ4v) is 6.86. The van der Waals surface area contributed by atoms with E-state index in [1.54, 1.807) is 18.2 Å². The summed E-state index contributed by atoms with van der Waals surface area (Å²) in [6, 6.07) is 13.1. The zero-order valence-electron chi connectivity index (χ0n) is 21.8. The second-order valence-electron chi connectivity index (χ2n) is 11.5. The number of aromatic hydroxyl groups is 1. The summed E-state index contributed by atoms with van der Waals surface area (Å²) < 4.78 is 22.7. The number of hydrogen-bond acceptors (Lipinski definition) is 7. The van der Waals surface area contributed by atoms with Crippen molar-refractivity contribution in [3.05, 3.63) is 53.3 Å². The van der Waals surface area contributed by atoms with Crippen molar-refractivity contribution in [1.29, 1.82) is 0 Å². The number of hydrogen-bond donors (Lipinski definition) is 3. The highest BCUT2D eigenvalue weighted by Crippen LogP contribution is 2.43. The number of ether oxygens (including phenoxy) is 1. The number of halogens is 2. The number of nitrogens with zero attached hydrogens (tertiary/aromatic N) is 3. The van der Waals surface area contributed by atoms with Gasteiger partial charge in [0.15, 0.2) is 5.82 Å². The Hall–Kier alpha value is -3.20. The first kappa shape index (κ1) is 24.8. The van der Waals surface area contributed by atoms with E-state index < -0.39 is 5.82 Å². The highest BCUT2D eigenvalue weighted by Gasteiger charge is 2.42. The van der Waals surface area contributed by atoms with Crippen molar-refractivity contribution in [2.45, 2.75) is 37.8 Å². The minimum atomic E-state index is -0.548. The Morgan fingerprint density at radius 3 is 2.87 bits per heavy atom. The van der Waals surface area contributed by atoms with Gasteiger partial charge in [0.1, 0.15) is 17.1 Å². The van der Waals surface area contributed by atoms with Crippen LogP contribution in [-0.2, 0) is 0 Å². The van der Waals surface area contributed by atoms with Gasteiger partial charge in [-0.2, -0.15) is 9.97 Å². The van der Waals surface area contributed by atoms with Crippen molar-refractivity contribution >= 4 is 39.1 Å². The van der Waals surface area contributed by atoms with E-state index in [0.29, 0.717) is 35.3 Å². The molecule has 3 atom stereocenters. The fourth-order valence-electron chi connectivity index (χ4n) is 6.57. The molecule has 0 radical (unpaired) electrons. The van der Waals surface area contributed by atoms with Crippen LogP contribution in [0.3, 0.4) is 0 Å². The molecule has 0 spiro atoms. The molecule has 0 amide bonds. The van der Waals surface area contributed by atoms with E-state index in [1.807, 2.05) is 24.3 Å². The van der Waals surface area contributed by atoms with Crippen molar-refractivity contribution in [2.24, 2.45) is 5.92 Å². The summed E-state index contributed by atoms with van der Waals surface area (Å²) in [5.74, 6) is 0.508. The van der Waals surface area contributed by atoms with E-state index in [4.69, 9.17) is 21.3 Å². The van der Waals surface area contributed by atoms with Gasteiger partial charge in [-0.15, -0.1) is 0 Å². The van der Waals surface area contributed by atoms with Crippen molar-refractivity contribution in [2.75, 3.05) is 37.7 Å². The van der Waals surface area contributed by atoms with Gasteiger partial charge in [0.2, 0.25) is 0 Å². The van der Waals surface area contributed by atoms with Crippen LogP contribution < -0.4 is 20.3 Å². The molecule has 0 saturated carbocycles. The first-order valence-electron chi connectivity index (χ1n) is 13.6. The second kappa shape index (κ2) is 9.47. The van der Waals surface area contributed by atoms with Gasteiger partial charge in [-0.3, -0.25) is 0 Å². The Bertz CT molecular complexity index is 1590. The Balaban J connectivity index is 1.40. The zero-order valence-corrected chi connectivity index (χ0v) is 22.6. The molecule has 3 N–H and O–H groups in total. The molecule has 2 bridgehead atoms. The molecule has 4 heterocycles. The third-order valence-corrected chi connectivity index (χ3v) is 8.74. The SMILES string of the molecule is C[C@]12CC[C@H](CN(c3nc(OC[C@@H]4CCNC4)nc4c(F)c(-c5cc(O)cc6ccccc56)c(Cl)cc34)C1)N2. The molecule has 4 aromatic rings. The summed E-state index contributed by atoms with van der Waals surface area (Å²) in [6.45, 7) is 6.07. The predicted molar refractivity (Wildman–Crippen MR) is 152 cm³/mol. The molecule has 3 aliphatic rings. The van der Waals surface area contributed by atoms with E-state index in [-0.39, 0.29) is 33.4 Å². The Morgan fingerprint density at radius 1 is 1.18 bits per heavy atom. The normalized spacial score (nSPS) is 24.6. The molecule has 202 valence electrons. The van der Waals surface area contributed by atoms with Gasteiger partial charge >= 0.3 is 6.01 Å². The average Bonchev–Trinajstić information content (AvgIpc) is 3.53. The van der Waals surface area contributed by atoms with Crippen molar-refractivity contribution in [1.82, 2.24) is 20.6 Å². The van der Waals surface area contributed by atoms with Crippen LogP contribution in [0, 0.1) is 11.7 Å². The minimum absolute atomic E-state index is 0.0283. The monoisotopic (exact) mass is 547 g/mol. The molecule has 9 heteroatoms. The Labute approximate surface area is 231 Å². The molecular formula is C30H31ClFN5O2. The number of phenolic OH excluding ortho intramolecular Hbond substituents is 1. The van der Waals surface area contributed by atoms with Gasteiger partial charge in [-0.25, -0.2) is 4.39 Å². The predicted octanol–water partition coefficient (Wildman–Crippen LogP) is 5.27. The Kier molecular flexibility index (Phi) is 6.02. The molecule has 3 fully saturated rings. The fraction of sp³-hybridized carbons (Fsp3) is 0.400. The van der Waals surface area contributed by atoms with E-state index in [9.17, 15) is 5.11 Å². The maximum atomic E-state index is 16.6. The number of benzene rings is 3. The number of phenols is 1. The van der Waals surface area contributed by atoms with Crippen LogP contribution in [0.1, 0.15) is 26.2 Å². The largest absolute Gasteiger partial charge is 0.508 e. The van der Waals surface area contributed by atoms with E-state index in [1.165, 1.54) is 0 Å². The number of anilines is 1. The van der Waals surface area contributed by atoms with Crippen LogP contribution in [0.2, 0.25) is 5.02 Å². The van der Waals surface area contributed by atoms with E-state index >= 15 is 4.39 Å². The molecule has 7 nitrogen and oxygen atoms in total. The minimum Gasteiger partial charge on any atom is -0.508 e. The summed E-state index contributed by atoms with van der Waals surface area (Å²) in [4.78, 5) is 11.7. The molecule has 3 aromatic carbocycles. The summed E-state index contributed by atoms with van der Waals surface area (Å²) >= 11 is 6.84. The van der Waals surface area contributed by atoms with Crippen molar-refractivity contribution < 1.29 is 14.2 Å². The summed E-state index contributed by atoms with van der Waals surface area (Å²) in [5, 5.41) is 19.9. The smallest absolute Gasteiger partial charge is 0.319 e. The molecule has 39 heavy (non-hydrogen) atoms. The molecule has 0 aliphatic carbocycles. The standard InChI is InChI=1S/C30H31ClFN5O2/c1-30-8-6-19(36-30)14-37(16-30)28-23-12-24(31)25(22-11-20(38)10-18-4-2-3-5-21(18)22)26(32)27(23)34-29(35-28)39-15-17-7-9-33-13-17/h2-5,10-12,17,19,33,36,38H,6-9,13-16H2,1H3/t17-,19-,30+/m1/s1. The van der Waals surface area contributed by atoms with Gasteiger partial charge in [-0.05, 0) is 67.3 Å². The van der Waals surface area contributed by atoms with Gasteiger partial charge in [0, 0.05) is 48.1 Å². The number of piperazine rings is 1. The lowest BCUT2D eigenvalue weighted by atomic mass is 9.96. The first-order chi connectivity index (χ1) is 18.9. The van der Waals surface area contributed by atoms with E-state index in [0.717, 1.165) is 56.2 Å². The Morgan fingerprint density at radius 2 is 2.05 bits per heavy atom. The molecular weight excluding hydrogens is 517 g/mol. The van der Waals surface area contributed by atoms with Gasteiger partial charge in [0.25, 0.3) is 0 Å². The highest BCUT2D eigenvalue weighted by molar-refractivity contribution is 6.35. The lowest BCUT2D eigenvalue weighted by Gasteiger charge is -2.40. The third-order valence-electron chi connectivity index (χ3n) is 8.45. The maximum absolute atomic E-state index is 16.6. The van der Waals surface area contributed by atoms with Gasteiger partial charge in [0.05, 0.1) is 11.6 Å². The van der Waals surface area contributed by atoms with Crippen LogP contribution >= 0.6 is 11.6 Å². The van der Waals surface area contributed by atoms with Crippen LogP contribution in [0.4, 0.5) is 10.2 Å². The summed E-state index contributed by atoms with van der Waals surface area (Å²) in [5.41, 5.74) is 0.864. The maximum Gasteiger partial charge on any atom is 0.319 e. The zero-order chi connectivity index (χ0) is 26.7. The molecule has 0 unspecified atom stereocenters. The molecule has 3 saturated heterocycles. The lowest BCUT2D eigenvalue weighted by molar-refractivity contribution is 0.242. The van der Waals surface area contributed by atoms with Crippen LogP contribution in [0.5, 0.6) is 11.8 Å². The lowest BCUT2D eigenvalue weighted by Crippen LogP contribution is -2.58. The molecule has 3 aliphatic heterocycles. The second-order valence-corrected chi connectivity index (χ2v) is 11.9. The van der Waals surface area contributed by atoms with Gasteiger partial charge < -0.3 is 25.4 Å².